The molecule has 0 saturated heterocycles. The molecule has 3 heteroatoms. The van der Waals surface area contributed by atoms with Gasteiger partial charge in [0.2, 0.25) is 0 Å². The van der Waals surface area contributed by atoms with E-state index < -0.39 is 0 Å². The van der Waals surface area contributed by atoms with Crippen molar-refractivity contribution in [2.24, 2.45) is 5.73 Å². The summed E-state index contributed by atoms with van der Waals surface area (Å²) < 4.78 is 0. The first kappa shape index (κ1) is 10.5. The monoisotopic (exact) mass is 199 g/mol. The normalized spacial score (nSPS) is 12.8. The number of aliphatic hydroxyl groups is 1. The molecule has 1 aromatic rings. The van der Waals surface area contributed by atoms with Crippen LogP contribution in [0.25, 0.3) is 0 Å². The molecule has 0 aliphatic heterocycles. The third-order valence-electron chi connectivity index (χ3n) is 1.91. The molecule has 0 aliphatic rings. The quantitative estimate of drug-likeness (QED) is 0.774. The average Bonchev–Trinajstić information content (AvgIpc) is 2.09. The second kappa shape index (κ2) is 5.22. The smallest absolute Gasteiger partial charge is 0.0445 e. The Morgan fingerprint density at radius 3 is 2.46 bits per heavy atom. The standard InChI is InChI=1S/C10H14ClNO/c11-9-3-1-8(2-4-9)7-10(12)5-6-13/h1-4,10,13H,5-7,12H2. The number of rotatable bonds is 4. The average molecular weight is 200 g/mol. The zero-order valence-electron chi connectivity index (χ0n) is 7.41. The van der Waals surface area contributed by atoms with Gasteiger partial charge in [-0.1, -0.05) is 23.7 Å². The van der Waals surface area contributed by atoms with Crippen molar-refractivity contribution in [1.29, 1.82) is 0 Å². The number of aliphatic hydroxyl groups excluding tert-OH is 1. The molecule has 0 saturated carbocycles. The highest BCUT2D eigenvalue weighted by Gasteiger charge is 2.02. The van der Waals surface area contributed by atoms with Gasteiger partial charge < -0.3 is 10.8 Å². The highest BCUT2D eigenvalue weighted by atomic mass is 35.5. The fourth-order valence-electron chi connectivity index (χ4n) is 1.19. The van der Waals surface area contributed by atoms with E-state index in [9.17, 15) is 0 Å². The van der Waals surface area contributed by atoms with Crippen molar-refractivity contribution in [3.05, 3.63) is 34.9 Å². The minimum Gasteiger partial charge on any atom is -0.396 e. The molecule has 1 atom stereocenters. The van der Waals surface area contributed by atoms with Crippen molar-refractivity contribution in [2.75, 3.05) is 6.61 Å². The highest BCUT2D eigenvalue weighted by Crippen LogP contribution is 2.11. The van der Waals surface area contributed by atoms with Crippen LogP contribution < -0.4 is 5.73 Å². The van der Waals surface area contributed by atoms with Crippen molar-refractivity contribution in [3.8, 4) is 0 Å². The van der Waals surface area contributed by atoms with Crippen LogP contribution in [0.5, 0.6) is 0 Å². The Bertz CT molecular complexity index is 248. The van der Waals surface area contributed by atoms with E-state index in [1.54, 1.807) is 0 Å². The molecular formula is C10H14ClNO. The van der Waals surface area contributed by atoms with Crippen LogP contribution in [0.4, 0.5) is 0 Å². The maximum Gasteiger partial charge on any atom is 0.0445 e. The van der Waals surface area contributed by atoms with Gasteiger partial charge in [0.1, 0.15) is 0 Å². The number of nitrogens with two attached hydrogens (primary N) is 1. The van der Waals surface area contributed by atoms with Crippen molar-refractivity contribution in [1.82, 2.24) is 0 Å². The van der Waals surface area contributed by atoms with Gasteiger partial charge in [-0.05, 0) is 30.5 Å². The Kier molecular flexibility index (Phi) is 4.22. The first-order valence-corrected chi connectivity index (χ1v) is 4.71. The van der Waals surface area contributed by atoms with Crippen molar-refractivity contribution in [3.63, 3.8) is 0 Å². The van der Waals surface area contributed by atoms with E-state index >= 15 is 0 Å². The largest absolute Gasteiger partial charge is 0.396 e. The predicted molar refractivity (Wildman–Crippen MR) is 54.8 cm³/mol. The van der Waals surface area contributed by atoms with Gasteiger partial charge in [-0.25, -0.2) is 0 Å². The summed E-state index contributed by atoms with van der Waals surface area (Å²) in [5.41, 5.74) is 6.92. The van der Waals surface area contributed by atoms with E-state index in [1.807, 2.05) is 24.3 Å². The topological polar surface area (TPSA) is 46.2 Å². The Balaban J connectivity index is 2.49. The summed E-state index contributed by atoms with van der Waals surface area (Å²) in [5, 5.41) is 9.39. The Labute approximate surface area is 83.3 Å². The minimum atomic E-state index is 0.0335. The maximum absolute atomic E-state index is 8.66. The van der Waals surface area contributed by atoms with Gasteiger partial charge in [-0.15, -0.1) is 0 Å². The molecule has 1 aromatic carbocycles. The molecule has 2 nitrogen and oxygen atoms in total. The summed E-state index contributed by atoms with van der Waals surface area (Å²) in [5.74, 6) is 0. The molecule has 0 bridgehead atoms. The van der Waals surface area contributed by atoms with Gasteiger partial charge >= 0.3 is 0 Å². The molecule has 72 valence electrons. The van der Waals surface area contributed by atoms with Crippen LogP contribution in [0.3, 0.4) is 0 Å². The minimum absolute atomic E-state index is 0.0335. The van der Waals surface area contributed by atoms with Gasteiger partial charge in [-0.2, -0.15) is 0 Å². The maximum atomic E-state index is 8.66. The molecule has 13 heavy (non-hydrogen) atoms. The zero-order valence-corrected chi connectivity index (χ0v) is 8.17. The Hall–Kier alpha value is -0.570. The first-order chi connectivity index (χ1) is 6.22. The van der Waals surface area contributed by atoms with Crippen LogP contribution in [0.15, 0.2) is 24.3 Å². The van der Waals surface area contributed by atoms with Crippen molar-refractivity contribution >= 4 is 11.6 Å². The van der Waals surface area contributed by atoms with Gasteiger partial charge in [0.25, 0.3) is 0 Å². The first-order valence-electron chi connectivity index (χ1n) is 4.33. The lowest BCUT2D eigenvalue weighted by molar-refractivity contribution is 0.275. The zero-order chi connectivity index (χ0) is 9.68. The fourth-order valence-corrected chi connectivity index (χ4v) is 1.32. The molecule has 3 N–H and O–H groups in total. The SMILES string of the molecule is NC(CCO)Cc1ccc(Cl)cc1. The molecule has 0 heterocycles. The summed E-state index contributed by atoms with van der Waals surface area (Å²) >= 11 is 5.74. The van der Waals surface area contributed by atoms with Crippen molar-refractivity contribution in [2.45, 2.75) is 18.9 Å². The molecule has 0 fully saturated rings. The van der Waals surface area contributed by atoms with E-state index in [1.165, 1.54) is 0 Å². The van der Waals surface area contributed by atoms with Crippen LogP contribution in [-0.4, -0.2) is 17.8 Å². The van der Waals surface area contributed by atoms with Gasteiger partial charge in [0, 0.05) is 17.7 Å². The summed E-state index contributed by atoms with van der Waals surface area (Å²) in [4.78, 5) is 0. The van der Waals surface area contributed by atoms with Crippen LogP contribution in [-0.2, 0) is 6.42 Å². The molecule has 0 radical (unpaired) electrons. The van der Waals surface area contributed by atoms with Gasteiger partial charge in [0.05, 0.1) is 0 Å². The second-order valence-corrected chi connectivity index (χ2v) is 3.54. The van der Waals surface area contributed by atoms with Crippen LogP contribution in [0, 0.1) is 0 Å². The second-order valence-electron chi connectivity index (χ2n) is 3.10. The summed E-state index contributed by atoms with van der Waals surface area (Å²) in [6, 6.07) is 7.65. The lowest BCUT2D eigenvalue weighted by Crippen LogP contribution is -2.23. The molecule has 0 aromatic heterocycles. The van der Waals surface area contributed by atoms with Crippen LogP contribution in [0.2, 0.25) is 5.02 Å². The number of benzene rings is 1. The van der Waals surface area contributed by atoms with E-state index in [-0.39, 0.29) is 12.6 Å². The van der Waals surface area contributed by atoms with Crippen molar-refractivity contribution < 1.29 is 5.11 Å². The molecule has 0 aliphatic carbocycles. The van der Waals surface area contributed by atoms with Crippen LogP contribution in [0.1, 0.15) is 12.0 Å². The predicted octanol–water partition coefficient (Wildman–Crippen LogP) is 1.59. The third-order valence-corrected chi connectivity index (χ3v) is 2.16. The Morgan fingerprint density at radius 1 is 1.31 bits per heavy atom. The number of hydrogen-bond donors (Lipinski definition) is 2. The lowest BCUT2D eigenvalue weighted by atomic mass is 10.0. The summed E-state index contributed by atoms with van der Waals surface area (Å²) in [6.45, 7) is 0.148. The Morgan fingerprint density at radius 2 is 1.92 bits per heavy atom. The third kappa shape index (κ3) is 3.77. The van der Waals surface area contributed by atoms with Gasteiger partial charge in [-0.3, -0.25) is 0 Å². The summed E-state index contributed by atoms with van der Waals surface area (Å²) in [7, 11) is 0. The summed E-state index contributed by atoms with van der Waals surface area (Å²) in [6.07, 6.45) is 1.43. The molecule has 1 rings (SSSR count). The molecule has 1 unspecified atom stereocenters. The fraction of sp³-hybridized carbons (Fsp3) is 0.400. The lowest BCUT2D eigenvalue weighted by Gasteiger charge is -2.09. The highest BCUT2D eigenvalue weighted by molar-refractivity contribution is 6.30. The van der Waals surface area contributed by atoms with Crippen LogP contribution >= 0.6 is 11.6 Å². The van der Waals surface area contributed by atoms with E-state index in [0.29, 0.717) is 6.42 Å². The van der Waals surface area contributed by atoms with E-state index in [2.05, 4.69) is 0 Å². The number of hydrogen-bond acceptors (Lipinski definition) is 2. The molecule has 0 amide bonds. The molecule has 0 spiro atoms. The van der Waals surface area contributed by atoms with E-state index in [4.69, 9.17) is 22.4 Å². The molecular weight excluding hydrogens is 186 g/mol. The number of halogens is 1. The van der Waals surface area contributed by atoms with E-state index in [0.717, 1.165) is 17.0 Å². The van der Waals surface area contributed by atoms with Gasteiger partial charge in [0.15, 0.2) is 0 Å².